The zero-order valence-corrected chi connectivity index (χ0v) is 14.5. The molecule has 1 aromatic carbocycles. The standard InChI is InChI=1S/C16H18BrN3OS/c17-12-5-3-4-11(8-12)16-20-13(10-22-16)9-19-14-6-1-2-7-18-15(14)21/h3-5,8,10,14,19H,1-2,6-7,9H2,(H,18,21). The molecule has 1 aliphatic heterocycles. The summed E-state index contributed by atoms with van der Waals surface area (Å²) in [5.41, 5.74) is 2.09. The fraction of sp³-hybridized carbons (Fsp3) is 0.375. The highest BCUT2D eigenvalue weighted by atomic mass is 79.9. The van der Waals surface area contributed by atoms with E-state index in [-0.39, 0.29) is 11.9 Å². The summed E-state index contributed by atoms with van der Waals surface area (Å²) in [6.07, 6.45) is 3.04. The van der Waals surface area contributed by atoms with Crippen molar-refractivity contribution in [1.82, 2.24) is 15.6 Å². The van der Waals surface area contributed by atoms with E-state index in [9.17, 15) is 4.79 Å². The number of carbonyl (C=O) groups is 1. The van der Waals surface area contributed by atoms with Crippen LogP contribution in [0.25, 0.3) is 10.6 Å². The molecule has 0 saturated carbocycles. The molecule has 1 aliphatic rings. The Bertz CT molecular complexity index is 658. The molecule has 2 aromatic rings. The van der Waals surface area contributed by atoms with E-state index in [0.717, 1.165) is 46.5 Å². The van der Waals surface area contributed by atoms with Gasteiger partial charge in [0.05, 0.1) is 11.7 Å². The molecule has 1 fully saturated rings. The summed E-state index contributed by atoms with van der Waals surface area (Å²) in [7, 11) is 0. The van der Waals surface area contributed by atoms with Gasteiger partial charge < -0.3 is 10.6 Å². The molecule has 0 aliphatic carbocycles. The quantitative estimate of drug-likeness (QED) is 0.856. The third-order valence-electron chi connectivity index (χ3n) is 3.69. The maximum atomic E-state index is 11.9. The second kappa shape index (κ2) is 7.35. The number of carbonyl (C=O) groups excluding carboxylic acids is 1. The average Bonchev–Trinajstić information content (AvgIpc) is 2.89. The van der Waals surface area contributed by atoms with Gasteiger partial charge in [0, 0.05) is 28.5 Å². The summed E-state index contributed by atoms with van der Waals surface area (Å²) >= 11 is 5.11. The molecular weight excluding hydrogens is 362 g/mol. The number of benzene rings is 1. The van der Waals surface area contributed by atoms with Crippen LogP contribution in [0.2, 0.25) is 0 Å². The lowest BCUT2D eigenvalue weighted by Crippen LogP contribution is -2.42. The minimum absolute atomic E-state index is 0.0986. The normalized spacial score (nSPS) is 18.8. The van der Waals surface area contributed by atoms with Crippen LogP contribution in [-0.4, -0.2) is 23.5 Å². The minimum Gasteiger partial charge on any atom is -0.355 e. The molecule has 116 valence electrons. The molecule has 1 unspecified atom stereocenters. The molecule has 2 N–H and O–H groups in total. The van der Waals surface area contributed by atoms with Gasteiger partial charge in [0.1, 0.15) is 5.01 Å². The fourth-order valence-electron chi connectivity index (χ4n) is 2.50. The Morgan fingerprint density at radius 3 is 3.18 bits per heavy atom. The maximum absolute atomic E-state index is 11.9. The third kappa shape index (κ3) is 3.94. The smallest absolute Gasteiger partial charge is 0.237 e. The van der Waals surface area contributed by atoms with Crippen LogP contribution < -0.4 is 10.6 Å². The molecule has 0 spiro atoms. The highest BCUT2D eigenvalue weighted by Gasteiger charge is 2.20. The minimum atomic E-state index is -0.0986. The lowest BCUT2D eigenvalue weighted by molar-refractivity contribution is -0.122. The molecule has 1 aromatic heterocycles. The van der Waals surface area contributed by atoms with Gasteiger partial charge in [-0.3, -0.25) is 4.79 Å². The highest BCUT2D eigenvalue weighted by molar-refractivity contribution is 9.10. The molecule has 0 radical (unpaired) electrons. The van der Waals surface area contributed by atoms with Crippen LogP contribution in [0, 0.1) is 0 Å². The monoisotopic (exact) mass is 379 g/mol. The van der Waals surface area contributed by atoms with E-state index in [4.69, 9.17) is 0 Å². The number of hydrogen-bond acceptors (Lipinski definition) is 4. The molecule has 3 rings (SSSR count). The van der Waals surface area contributed by atoms with Crippen LogP contribution in [0.15, 0.2) is 34.1 Å². The Balaban J connectivity index is 1.63. The van der Waals surface area contributed by atoms with Gasteiger partial charge in [-0.05, 0) is 31.4 Å². The van der Waals surface area contributed by atoms with Crippen molar-refractivity contribution in [2.24, 2.45) is 0 Å². The van der Waals surface area contributed by atoms with E-state index in [1.807, 2.05) is 12.1 Å². The van der Waals surface area contributed by atoms with Crippen molar-refractivity contribution in [3.05, 3.63) is 39.8 Å². The summed E-state index contributed by atoms with van der Waals surface area (Å²) in [5, 5.41) is 9.33. The Hall–Kier alpha value is -1.24. The molecular formula is C16H18BrN3OS. The van der Waals surface area contributed by atoms with Crippen molar-refractivity contribution in [2.45, 2.75) is 31.8 Å². The van der Waals surface area contributed by atoms with Crippen molar-refractivity contribution in [1.29, 1.82) is 0 Å². The fourth-order valence-corrected chi connectivity index (χ4v) is 3.72. The van der Waals surface area contributed by atoms with Crippen LogP contribution in [0.4, 0.5) is 0 Å². The zero-order valence-electron chi connectivity index (χ0n) is 12.1. The number of aromatic nitrogens is 1. The van der Waals surface area contributed by atoms with Gasteiger partial charge in [-0.1, -0.05) is 28.1 Å². The number of hydrogen-bond donors (Lipinski definition) is 2. The van der Waals surface area contributed by atoms with E-state index in [1.165, 1.54) is 0 Å². The van der Waals surface area contributed by atoms with Gasteiger partial charge in [-0.15, -0.1) is 11.3 Å². The Morgan fingerprint density at radius 1 is 1.41 bits per heavy atom. The summed E-state index contributed by atoms with van der Waals surface area (Å²) in [4.78, 5) is 16.6. The highest BCUT2D eigenvalue weighted by Crippen LogP contribution is 2.26. The van der Waals surface area contributed by atoms with Crippen LogP contribution in [0.3, 0.4) is 0 Å². The summed E-state index contributed by atoms with van der Waals surface area (Å²) < 4.78 is 1.05. The maximum Gasteiger partial charge on any atom is 0.237 e. The number of nitrogens with one attached hydrogen (secondary N) is 2. The molecule has 22 heavy (non-hydrogen) atoms. The van der Waals surface area contributed by atoms with Crippen LogP contribution >= 0.6 is 27.3 Å². The van der Waals surface area contributed by atoms with Crippen molar-refractivity contribution in [3.8, 4) is 10.6 Å². The lowest BCUT2D eigenvalue weighted by atomic mass is 10.1. The van der Waals surface area contributed by atoms with Gasteiger partial charge >= 0.3 is 0 Å². The van der Waals surface area contributed by atoms with Gasteiger partial charge in [-0.2, -0.15) is 0 Å². The zero-order chi connectivity index (χ0) is 15.4. The number of thiazole rings is 1. The van der Waals surface area contributed by atoms with Crippen molar-refractivity contribution >= 4 is 33.2 Å². The van der Waals surface area contributed by atoms with E-state index >= 15 is 0 Å². The molecule has 1 atom stereocenters. The molecule has 6 heteroatoms. The van der Waals surface area contributed by atoms with E-state index in [1.54, 1.807) is 11.3 Å². The number of nitrogens with zero attached hydrogens (tertiary/aromatic N) is 1. The van der Waals surface area contributed by atoms with Gasteiger partial charge in [0.2, 0.25) is 5.91 Å². The summed E-state index contributed by atoms with van der Waals surface area (Å²) in [6.45, 7) is 1.42. The summed E-state index contributed by atoms with van der Waals surface area (Å²) in [6, 6.07) is 8.03. The van der Waals surface area contributed by atoms with Crippen molar-refractivity contribution < 1.29 is 4.79 Å². The Labute approximate surface area is 142 Å². The van der Waals surface area contributed by atoms with E-state index < -0.39 is 0 Å². The second-order valence-electron chi connectivity index (χ2n) is 5.37. The van der Waals surface area contributed by atoms with Gasteiger partial charge in [0.15, 0.2) is 0 Å². The lowest BCUT2D eigenvalue weighted by Gasteiger charge is -2.13. The first kappa shape index (κ1) is 15.6. The number of amides is 1. The largest absolute Gasteiger partial charge is 0.355 e. The average molecular weight is 380 g/mol. The molecule has 4 nitrogen and oxygen atoms in total. The topological polar surface area (TPSA) is 54.0 Å². The predicted molar refractivity (Wildman–Crippen MR) is 92.7 cm³/mol. The number of halogens is 1. The van der Waals surface area contributed by atoms with E-state index in [2.05, 4.69) is 49.1 Å². The molecule has 1 amide bonds. The summed E-state index contributed by atoms with van der Waals surface area (Å²) in [5.74, 6) is 0.111. The first-order valence-corrected chi connectivity index (χ1v) is 9.11. The Kier molecular flexibility index (Phi) is 5.23. The van der Waals surface area contributed by atoms with Crippen LogP contribution in [0.5, 0.6) is 0 Å². The first-order chi connectivity index (χ1) is 10.7. The number of rotatable bonds is 4. The van der Waals surface area contributed by atoms with Crippen LogP contribution in [0.1, 0.15) is 25.0 Å². The third-order valence-corrected chi connectivity index (χ3v) is 5.12. The molecule has 0 bridgehead atoms. The van der Waals surface area contributed by atoms with Crippen LogP contribution in [-0.2, 0) is 11.3 Å². The first-order valence-electron chi connectivity index (χ1n) is 7.44. The van der Waals surface area contributed by atoms with Gasteiger partial charge in [-0.25, -0.2) is 4.98 Å². The Morgan fingerprint density at radius 2 is 2.32 bits per heavy atom. The van der Waals surface area contributed by atoms with Crippen molar-refractivity contribution in [2.75, 3.05) is 6.54 Å². The van der Waals surface area contributed by atoms with Crippen molar-refractivity contribution in [3.63, 3.8) is 0 Å². The second-order valence-corrected chi connectivity index (χ2v) is 7.15. The predicted octanol–water partition coefficient (Wildman–Crippen LogP) is 3.33. The van der Waals surface area contributed by atoms with Gasteiger partial charge in [0.25, 0.3) is 0 Å². The SMILES string of the molecule is O=C1NCCCCC1NCc1csc(-c2cccc(Br)c2)n1. The molecule has 2 heterocycles. The van der Waals surface area contributed by atoms with E-state index in [0.29, 0.717) is 6.54 Å². The molecule has 1 saturated heterocycles.